The monoisotopic (exact) mass is 653 g/mol. The number of benzene rings is 4. The first-order valence-electron chi connectivity index (χ1n) is 16.0. The van der Waals surface area contributed by atoms with E-state index in [1.807, 2.05) is 121 Å². The lowest BCUT2D eigenvalue weighted by Crippen LogP contribution is -2.44. The summed E-state index contributed by atoms with van der Waals surface area (Å²) in [6.45, 7) is 2.21. The van der Waals surface area contributed by atoms with Crippen molar-refractivity contribution in [3.05, 3.63) is 159 Å². The number of anilines is 1. The van der Waals surface area contributed by atoms with Crippen molar-refractivity contribution in [1.29, 1.82) is 5.26 Å². The van der Waals surface area contributed by atoms with Crippen molar-refractivity contribution in [3.8, 4) is 6.07 Å². The van der Waals surface area contributed by atoms with Crippen LogP contribution in [0, 0.1) is 11.3 Å². The Morgan fingerprint density at radius 2 is 1.56 bits per heavy atom. The van der Waals surface area contributed by atoms with Gasteiger partial charge in [0.15, 0.2) is 0 Å². The summed E-state index contributed by atoms with van der Waals surface area (Å²) in [6, 6.07) is 36.4. The number of hydrogen-bond acceptors (Lipinski definition) is 6. The number of ether oxygens (including phenoxy) is 1. The van der Waals surface area contributed by atoms with Crippen molar-refractivity contribution >= 4 is 34.8 Å². The van der Waals surface area contributed by atoms with Crippen molar-refractivity contribution in [1.82, 2.24) is 4.90 Å². The molecule has 2 atom stereocenters. The second-order valence-electron chi connectivity index (χ2n) is 11.6. The third-order valence-corrected chi connectivity index (χ3v) is 9.52. The van der Waals surface area contributed by atoms with E-state index in [1.165, 1.54) is 0 Å². The molecule has 8 heteroatoms. The van der Waals surface area contributed by atoms with Crippen molar-refractivity contribution in [2.75, 3.05) is 11.5 Å². The summed E-state index contributed by atoms with van der Waals surface area (Å²) in [5.41, 5.74) is 4.78. The van der Waals surface area contributed by atoms with Gasteiger partial charge in [-0.25, -0.2) is 0 Å². The predicted molar refractivity (Wildman–Crippen MR) is 186 cm³/mol. The molecule has 0 saturated carbocycles. The molecule has 2 amide bonds. The molecule has 7 nitrogen and oxygen atoms in total. The first kappa shape index (κ1) is 32.4. The number of hydrogen-bond donors (Lipinski definition) is 0. The van der Waals surface area contributed by atoms with Gasteiger partial charge < -0.3 is 14.5 Å². The number of carbonyl (C=O) groups is 3. The minimum atomic E-state index is -1.02. The standard InChI is InChI=1S/C40H35N3O4S/c1-2-47-37(44)24-36(31-14-8-4-9-15-31)43-38(32-16-10-5-11-17-32)40(46)42(26-29-12-6-3-7-13-29)35-21-19-28(23-34(35)39(43)45)18-20-33-22-30(25-41)27-48-33/h3-17,19,21-23,27,36,38H,2,18,20,24,26H2,1H3. The topological polar surface area (TPSA) is 90.7 Å². The van der Waals surface area contributed by atoms with Crippen LogP contribution in [0.2, 0.25) is 0 Å². The van der Waals surface area contributed by atoms with Crippen LogP contribution in [0.4, 0.5) is 5.69 Å². The zero-order valence-corrected chi connectivity index (χ0v) is 27.4. The molecule has 2 unspecified atom stereocenters. The molecule has 0 bridgehead atoms. The summed E-state index contributed by atoms with van der Waals surface area (Å²) in [5.74, 6) is -1.06. The lowest BCUT2D eigenvalue weighted by molar-refractivity contribution is -0.145. The summed E-state index contributed by atoms with van der Waals surface area (Å²) in [7, 11) is 0. The second kappa shape index (κ2) is 14.9. The molecule has 2 heterocycles. The van der Waals surface area contributed by atoms with Crippen LogP contribution in [-0.2, 0) is 33.7 Å². The van der Waals surface area contributed by atoms with E-state index in [1.54, 1.807) is 28.1 Å². The van der Waals surface area contributed by atoms with Gasteiger partial charge in [-0.15, -0.1) is 11.3 Å². The summed E-state index contributed by atoms with van der Waals surface area (Å²) < 4.78 is 5.40. The summed E-state index contributed by atoms with van der Waals surface area (Å²) in [4.78, 5) is 47.7. The molecular weight excluding hydrogens is 619 g/mol. The Kier molecular flexibility index (Phi) is 10.1. The summed E-state index contributed by atoms with van der Waals surface area (Å²) >= 11 is 1.54. The van der Waals surface area contributed by atoms with Gasteiger partial charge in [-0.1, -0.05) is 97.1 Å². The Morgan fingerprint density at radius 1 is 0.875 bits per heavy atom. The molecule has 0 saturated heterocycles. The largest absolute Gasteiger partial charge is 0.466 e. The van der Waals surface area contributed by atoms with Crippen LogP contribution in [0.25, 0.3) is 0 Å². The van der Waals surface area contributed by atoms with Crippen LogP contribution < -0.4 is 4.90 Å². The fourth-order valence-electron chi connectivity index (χ4n) is 6.24. The Hall–Kier alpha value is -5.52. The molecule has 0 N–H and O–H groups in total. The van der Waals surface area contributed by atoms with Crippen LogP contribution in [-0.4, -0.2) is 29.3 Å². The van der Waals surface area contributed by atoms with E-state index < -0.39 is 18.1 Å². The van der Waals surface area contributed by atoms with Gasteiger partial charge in [0.1, 0.15) is 6.04 Å². The average Bonchev–Trinajstić information content (AvgIpc) is 3.57. The van der Waals surface area contributed by atoms with Crippen molar-refractivity contribution < 1.29 is 19.1 Å². The number of carbonyl (C=O) groups excluding carboxylic acids is 3. The van der Waals surface area contributed by atoms with Gasteiger partial charge in [0.05, 0.1) is 48.5 Å². The van der Waals surface area contributed by atoms with Crippen LogP contribution >= 0.6 is 11.3 Å². The highest BCUT2D eigenvalue weighted by Crippen LogP contribution is 2.42. The highest BCUT2D eigenvalue weighted by molar-refractivity contribution is 7.10. The van der Waals surface area contributed by atoms with Gasteiger partial charge >= 0.3 is 5.97 Å². The Labute approximate surface area is 284 Å². The molecule has 1 aliphatic heterocycles. The van der Waals surface area contributed by atoms with Crippen molar-refractivity contribution in [2.45, 2.75) is 44.8 Å². The molecule has 0 radical (unpaired) electrons. The lowest BCUT2D eigenvalue weighted by atomic mass is 9.95. The smallest absolute Gasteiger partial charge is 0.308 e. The average molecular weight is 654 g/mol. The highest BCUT2D eigenvalue weighted by Gasteiger charge is 2.44. The first-order chi connectivity index (χ1) is 23.5. The van der Waals surface area contributed by atoms with Gasteiger partial charge in [-0.05, 0) is 60.2 Å². The van der Waals surface area contributed by atoms with Crippen LogP contribution in [0.1, 0.15) is 68.5 Å². The third kappa shape index (κ3) is 7.07. The van der Waals surface area contributed by atoms with Crippen molar-refractivity contribution in [3.63, 3.8) is 0 Å². The number of nitriles is 1. The van der Waals surface area contributed by atoms with E-state index in [-0.39, 0.29) is 31.4 Å². The molecule has 0 spiro atoms. The maximum absolute atomic E-state index is 15.1. The zero-order valence-electron chi connectivity index (χ0n) is 26.6. The fourth-order valence-corrected chi connectivity index (χ4v) is 7.06. The van der Waals surface area contributed by atoms with Crippen LogP contribution in [0.5, 0.6) is 0 Å². The minimum Gasteiger partial charge on any atom is -0.466 e. The molecule has 0 fully saturated rings. The van der Waals surface area contributed by atoms with E-state index in [0.717, 1.165) is 21.6 Å². The van der Waals surface area contributed by atoms with Gasteiger partial charge in [0.2, 0.25) is 0 Å². The van der Waals surface area contributed by atoms with E-state index in [2.05, 4.69) is 6.07 Å². The fraction of sp³-hybridized carbons (Fsp3) is 0.200. The van der Waals surface area contributed by atoms with E-state index in [9.17, 15) is 10.1 Å². The number of fused-ring (bicyclic) bond motifs is 1. The molecule has 5 aromatic rings. The Balaban J connectivity index is 1.51. The maximum Gasteiger partial charge on any atom is 0.308 e. The van der Waals surface area contributed by atoms with Gasteiger partial charge in [0, 0.05) is 10.3 Å². The molecule has 48 heavy (non-hydrogen) atoms. The van der Waals surface area contributed by atoms with Gasteiger partial charge in [-0.2, -0.15) is 5.26 Å². The molecule has 240 valence electrons. The summed E-state index contributed by atoms with van der Waals surface area (Å²) in [6.07, 6.45) is 1.23. The maximum atomic E-state index is 15.1. The number of amides is 2. The minimum absolute atomic E-state index is 0.118. The van der Waals surface area contributed by atoms with Gasteiger partial charge in [0.25, 0.3) is 11.8 Å². The molecule has 0 aliphatic carbocycles. The van der Waals surface area contributed by atoms with Crippen LogP contribution in [0.15, 0.2) is 121 Å². The Morgan fingerprint density at radius 3 is 2.23 bits per heavy atom. The number of esters is 1. The zero-order chi connectivity index (χ0) is 33.5. The first-order valence-corrected chi connectivity index (χ1v) is 16.9. The van der Waals surface area contributed by atoms with Gasteiger partial charge in [-0.3, -0.25) is 14.4 Å². The number of aryl methyl sites for hydroxylation is 2. The second-order valence-corrected chi connectivity index (χ2v) is 12.6. The summed E-state index contributed by atoms with van der Waals surface area (Å²) in [5, 5.41) is 11.1. The molecule has 4 aromatic carbocycles. The highest BCUT2D eigenvalue weighted by atomic mass is 32.1. The predicted octanol–water partition coefficient (Wildman–Crippen LogP) is 7.83. The number of rotatable bonds is 11. The molecule has 6 rings (SSSR count). The van der Waals surface area contributed by atoms with E-state index in [0.29, 0.717) is 35.2 Å². The third-order valence-electron chi connectivity index (χ3n) is 8.52. The molecule has 1 aliphatic rings. The number of thiophene rings is 1. The SMILES string of the molecule is CCOC(=O)CC(c1ccccc1)N1C(=O)c2cc(CCc3cc(C#N)cs3)ccc2N(Cc2ccccc2)C(=O)C1c1ccccc1. The quantitative estimate of drug-likeness (QED) is 0.136. The van der Waals surface area contributed by atoms with E-state index in [4.69, 9.17) is 4.74 Å². The lowest BCUT2D eigenvalue weighted by Gasteiger charge is -2.37. The normalized spacial score (nSPS) is 15.0. The Bertz CT molecular complexity index is 1940. The molecular formula is C40H35N3O4S. The molecule has 1 aromatic heterocycles. The van der Waals surface area contributed by atoms with Crippen LogP contribution in [0.3, 0.4) is 0 Å². The van der Waals surface area contributed by atoms with E-state index >= 15 is 9.59 Å². The number of nitrogens with zero attached hydrogens (tertiary/aromatic N) is 3. The van der Waals surface area contributed by atoms with Crippen molar-refractivity contribution in [2.24, 2.45) is 0 Å².